The van der Waals surface area contributed by atoms with Crippen molar-refractivity contribution in [2.75, 3.05) is 13.6 Å². The summed E-state index contributed by atoms with van der Waals surface area (Å²) in [6, 6.07) is 2.12. The van der Waals surface area contributed by atoms with Crippen LogP contribution in [0.1, 0.15) is 36.8 Å². The first-order valence-corrected chi connectivity index (χ1v) is 9.31. The first-order valence-electron chi connectivity index (χ1n) is 8.43. The molecule has 130 valence electrons. The maximum Gasteiger partial charge on any atom is 0.253 e. The van der Waals surface area contributed by atoms with Gasteiger partial charge in [0.2, 0.25) is 0 Å². The molecular formula is C17H25N5OS. The van der Waals surface area contributed by atoms with Crippen molar-refractivity contribution in [2.45, 2.75) is 52.5 Å². The summed E-state index contributed by atoms with van der Waals surface area (Å²) in [4.78, 5) is 26.2. The smallest absolute Gasteiger partial charge is 0.253 e. The number of hydrogen-bond donors (Lipinski definition) is 0. The fourth-order valence-corrected chi connectivity index (χ4v) is 3.53. The Hall–Kier alpha value is -1.57. The van der Waals surface area contributed by atoms with Gasteiger partial charge in [-0.15, -0.1) is 11.3 Å². The molecule has 0 aromatic carbocycles. The zero-order valence-corrected chi connectivity index (χ0v) is 15.4. The molecule has 0 atom stereocenters. The predicted octanol–water partition coefficient (Wildman–Crippen LogP) is 1.95. The molecule has 0 aliphatic carbocycles. The van der Waals surface area contributed by atoms with E-state index in [0.29, 0.717) is 19.1 Å². The van der Waals surface area contributed by atoms with Crippen LogP contribution in [-0.2, 0) is 26.2 Å². The van der Waals surface area contributed by atoms with Crippen LogP contribution in [-0.4, -0.2) is 44.0 Å². The largest absolute Gasteiger partial charge is 0.298 e. The maximum absolute atomic E-state index is 12.5. The van der Waals surface area contributed by atoms with E-state index >= 15 is 0 Å². The molecule has 0 radical (unpaired) electrons. The highest BCUT2D eigenvalue weighted by molar-refractivity contribution is 7.09. The summed E-state index contributed by atoms with van der Waals surface area (Å²) in [6.07, 6.45) is 2.81. The Labute approximate surface area is 146 Å². The van der Waals surface area contributed by atoms with Crippen molar-refractivity contribution >= 4 is 11.3 Å². The second kappa shape index (κ2) is 7.55. The van der Waals surface area contributed by atoms with E-state index in [1.54, 1.807) is 17.4 Å². The molecule has 6 nitrogen and oxygen atoms in total. The fraction of sp³-hybridized carbons (Fsp3) is 0.588. The van der Waals surface area contributed by atoms with Crippen molar-refractivity contribution in [2.24, 2.45) is 0 Å². The molecule has 3 rings (SSSR count). The summed E-state index contributed by atoms with van der Waals surface area (Å²) >= 11 is 1.67. The topological polar surface area (TPSA) is 54.3 Å². The van der Waals surface area contributed by atoms with Crippen molar-refractivity contribution in [1.29, 1.82) is 0 Å². The molecule has 0 fully saturated rings. The first-order chi connectivity index (χ1) is 11.5. The minimum Gasteiger partial charge on any atom is -0.298 e. The van der Waals surface area contributed by atoms with Crippen LogP contribution in [0.25, 0.3) is 0 Å². The standard InChI is InChI=1S/C17H25N5OS/c1-13(2)20(3)10-14-9-17(23)22-7-4-6-21(11-15(22)19-14)12-16-18-5-8-24-16/h5,8-9,13H,4,6-7,10-12H2,1-3H3. The number of thiazole rings is 1. The Bertz CT molecular complexity index is 725. The average Bonchev–Trinajstić information content (AvgIpc) is 2.93. The van der Waals surface area contributed by atoms with E-state index in [-0.39, 0.29) is 5.56 Å². The summed E-state index contributed by atoms with van der Waals surface area (Å²) in [5.41, 5.74) is 0.932. The highest BCUT2D eigenvalue weighted by atomic mass is 32.1. The van der Waals surface area contributed by atoms with Gasteiger partial charge in [0.05, 0.1) is 18.8 Å². The van der Waals surface area contributed by atoms with Gasteiger partial charge in [-0.25, -0.2) is 9.97 Å². The van der Waals surface area contributed by atoms with Gasteiger partial charge in [-0.2, -0.15) is 0 Å². The number of rotatable bonds is 5. The molecule has 7 heteroatoms. The molecule has 1 aliphatic heterocycles. The molecule has 0 N–H and O–H groups in total. The van der Waals surface area contributed by atoms with E-state index in [1.807, 2.05) is 16.1 Å². The quantitative estimate of drug-likeness (QED) is 0.827. The highest BCUT2D eigenvalue weighted by Gasteiger charge is 2.18. The monoisotopic (exact) mass is 347 g/mol. The Morgan fingerprint density at radius 1 is 1.38 bits per heavy atom. The normalized spacial score (nSPS) is 15.7. The Morgan fingerprint density at radius 2 is 2.21 bits per heavy atom. The third-order valence-corrected chi connectivity index (χ3v) is 5.26. The SMILES string of the molecule is CC(C)N(C)Cc1cc(=O)n2c(n1)CN(Cc1nccs1)CCC2. The van der Waals surface area contributed by atoms with Crippen LogP contribution < -0.4 is 5.56 Å². The maximum atomic E-state index is 12.5. The van der Waals surface area contributed by atoms with Crippen LogP contribution in [0.15, 0.2) is 22.4 Å². The molecule has 24 heavy (non-hydrogen) atoms. The van der Waals surface area contributed by atoms with E-state index < -0.39 is 0 Å². The molecule has 0 bridgehead atoms. The van der Waals surface area contributed by atoms with E-state index in [9.17, 15) is 4.79 Å². The van der Waals surface area contributed by atoms with Gasteiger partial charge in [-0.05, 0) is 27.3 Å². The van der Waals surface area contributed by atoms with E-state index in [0.717, 1.165) is 42.6 Å². The van der Waals surface area contributed by atoms with Crippen LogP contribution in [0.2, 0.25) is 0 Å². The van der Waals surface area contributed by atoms with Crippen LogP contribution in [0.5, 0.6) is 0 Å². The van der Waals surface area contributed by atoms with Crippen LogP contribution in [0.4, 0.5) is 0 Å². The molecule has 0 saturated heterocycles. The summed E-state index contributed by atoms with van der Waals surface area (Å²) < 4.78 is 1.83. The van der Waals surface area contributed by atoms with Crippen LogP contribution >= 0.6 is 11.3 Å². The lowest BCUT2D eigenvalue weighted by molar-refractivity contribution is 0.253. The van der Waals surface area contributed by atoms with Crippen LogP contribution in [0, 0.1) is 0 Å². The molecule has 2 aromatic heterocycles. The average molecular weight is 347 g/mol. The Morgan fingerprint density at radius 3 is 2.92 bits per heavy atom. The number of hydrogen-bond acceptors (Lipinski definition) is 6. The predicted molar refractivity (Wildman–Crippen MR) is 95.9 cm³/mol. The van der Waals surface area contributed by atoms with Crippen molar-refractivity contribution in [3.05, 3.63) is 44.5 Å². The van der Waals surface area contributed by atoms with Gasteiger partial charge in [0.15, 0.2) is 0 Å². The van der Waals surface area contributed by atoms with Gasteiger partial charge < -0.3 is 0 Å². The lowest BCUT2D eigenvalue weighted by Gasteiger charge is -2.22. The fourth-order valence-electron chi connectivity index (χ4n) is 2.87. The highest BCUT2D eigenvalue weighted by Crippen LogP contribution is 2.15. The second-order valence-corrected chi connectivity index (χ2v) is 7.63. The third-order valence-electron chi connectivity index (χ3n) is 4.50. The zero-order chi connectivity index (χ0) is 17.1. The van der Waals surface area contributed by atoms with Gasteiger partial charge >= 0.3 is 0 Å². The van der Waals surface area contributed by atoms with Gasteiger partial charge in [0.25, 0.3) is 5.56 Å². The molecule has 0 amide bonds. The van der Waals surface area contributed by atoms with Gasteiger partial charge in [0, 0.05) is 43.3 Å². The summed E-state index contributed by atoms with van der Waals surface area (Å²) in [6.45, 7) is 8.22. The zero-order valence-electron chi connectivity index (χ0n) is 14.6. The summed E-state index contributed by atoms with van der Waals surface area (Å²) in [5.74, 6) is 0.878. The molecule has 3 heterocycles. The van der Waals surface area contributed by atoms with E-state index in [4.69, 9.17) is 4.98 Å². The first kappa shape index (κ1) is 17.3. The lowest BCUT2D eigenvalue weighted by Crippen LogP contribution is -2.30. The van der Waals surface area contributed by atoms with Crippen molar-refractivity contribution in [3.8, 4) is 0 Å². The molecule has 0 unspecified atom stereocenters. The Kier molecular flexibility index (Phi) is 5.43. The number of nitrogens with zero attached hydrogens (tertiary/aromatic N) is 5. The van der Waals surface area contributed by atoms with E-state index in [1.165, 1.54) is 0 Å². The molecule has 0 spiro atoms. The minimum absolute atomic E-state index is 0.0725. The summed E-state index contributed by atoms with van der Waals surface area (Å²) in [7, 11) is 2.06. The van der Waals surface area contributed by atoms with Crippen LogP contribution in [0.3, 0.4) is 0 Å². The van der Waals surface area contributed by atoms with Crippen molar-refractivity contribution < 1.29 is 0 Å². The van der Waals surface area contributed by atoms with Crippen molar-refractivity contribution in [1.82, 2.24) is 24.3 Å². The van der Waals surface area contributed by atoms with Gasteiger partial charge in [-0.3, -0.25) is 19.2 Å². The minimum atomic E-state index is 0.0725. The molecular weight excluding hydrogens is 322 g/mol. The van der Waals surface area contributed by atoms with Crippen molar-refractivity contribution in [3.63, 3.8) is 0 Å². The second-order valence-electron chi connectivity index (χ2n) is 6.65. The lowest BCUT2D eigenvalue weighted by atomic mass is 10.3. The number of fused-ring (bicyclic) bond motifs is 1. The van der Waals surface area contributed by atoms with Gasteiger partial charge in [-0.1, -0.05) is 0 Å². The molecule has 0 saturated carbocycles. The number of aromatic nitrogens is 3. The van der Waals surface area contributed by atoms with Gasteiger partial charge in [0.1, 0.15) is 10.8 Å². The Balaban J connectivity index is 1.81. The van der Waals surface area contributed by atoms with E-state index in [2.05, 4.69) is 35.7 Å². The molecule has 1 aliphatic rings. The molecule has 2 aromatic rings. The third kappa shape index (κ3) is 4.09. The summed E-state index contributed by atoms with van der Waals surface area (Å²) in [5, 5.41) is 3.12.